The van der Waals surface area contributed by atoms with Gasteiger partial charge in [-0.25, -0.2) is 4.98 Å². The Bertz CT molecular complexity index is 312. The molecular weight excluding hydrogens is 254 g/mol. The molecule has 0 spiro atoms. The second kappa shape index (κ2) is 7.88. The minimum atomic E-state index is 0.170. The van der Waals surface area contributed by atoms with E-state index in [1.165, 1.54) is 11.5 Å². The van der Waals surface area contributed by atoms with Crippen LogP contribution in [0.3, 0.4) is 0 Å². The SMILES string of the molecule is CCCc1nsc(NCC(Cl)C(CC)CC)n1. The van der Waals surface area contributed by atoms with Crippen LogP contribution >= 0.6 is 23.1 Å². The third-order valence-corrected chi connectivity index (χ3v) is 4.17. The zero-order chi connectivity index (χ0) is 12.7. The molecule has 0 aliphatic heterocycles. The third-order valence-electron chi connectivity index (χ3n) is 2.95. The highest BCUT2D eigenvalue weighted by molar-refractivity contribution is 7.09. The van der Waals surface area contributed by atoms with Gasteiger partial charge in [-0.3, -0.25) is 0 Å². The topological polar surface area (TPSA) is 37.8 Å². The Morgan fingerprint density at radius 3 is 2.59 bits per heavy atom. The highest BCUT2D eigenvalue weighted by Gasteiger charge is 2.15. The van der Waals surface area contributed by atoms with E-state index in [0.29, 0.717) is 5.92 Å². The van der Waals surface area contributed by atoms with Crippen molar-refractivity contribution in [2.45, 2.75) is 51.8 Å². The summed E-state index contributed by atoms with van der Waals surface area (Å²) in [6.45, 7) is 7.28. The summed E-state index contributed by atoms with van der Waals surface area (Å²) in [4.78, 5) is 4.42. The van der Waals surface area contributed by atoms with Crippen molar-refractivity contribution in [2.75, 3.05) is 11.9 Å². The van der Waals surface area contributed by atoms with Gasteiger partial charge < -0.3 is 5.32 Å². The number of alkyl halides is 1. The average molecular weight is 276 g/mol. The highest BCUT2D eigenvalue weighted by atomic mass is 35.5. The van der Waals surface area contributed by atoms with Gasteiger partial charge in [0, 0.05) is 24.5 Å². The molecular formula is C12H22ClN3S. The predicted octanol–water partition coefficient (Wildman–Crippen LogP) is 3.95. The fourth-order valence-corrected chi connectivity index (χ4v) is 2.85. The van der Waals surface area contributed by atoms with Gasteiger partial charge in [0.15, 0.2) is 0 Å². The standard InChI is InChI=1S/C12H22ClN3S/c1-4-7-11-15-12(17-16-11)14-8-10(13)9(5-2)6-3/h9-10H,4-8H2,1-3H3,(H,14,15,16). The normalized spacial score (nSPS) is 13.0. The van der Waals surface area contributed by atoms with Crippen molar-refractivity contribution in [2.24, 2.45) is 5.92 Å². The van der Waals surface area contributed by atoms with Crippen LogP contribution in [0.25, 0.3) is 0 Å². The maximum Gasteiger partial charge on any atom is 0.202 e. The molecule has 0 aliphatic rings. The molecule has 0 saturated carbocycles. The molecule has 0 aliphatic carbocycles. The Morgan fingerprint density at radius 1 is 1.29 bits per heavy atom. The van der Waals surface area contributed by atoms with Crippen LogP contribution in [0, 0.1) is 5.92 Å². The van der Waals surface area contributed by atoms with E-state index in [9.17, 15) is 0 Å². The van der Waals surface area contributed by atoms with E-state index < -0.39 is 0 Å². The summed E-state index contributed by atoms with van der Waals surface area (Å²) in [5.74, 6) is 1.51. The first kappa shape index (κ1) is 14.7. The largest absolute Gasteiger partial charge is 0.359 e. The molecule has 0 aromatic carbocycles. The lowest BCUT2D eigenvalue weighted by atomic mass is 9.99. The molecule has 1 heterocycles. The Morgan fingerprint density at radius 2 is 2.00 bits per heavy atom. The van der Waals surface area contributed by atoms with Crippen molar-refractivity contribution in [3.63, 3.8) is 0 Å². The van der Waals surface area contributed by atoms with Crippen LogP contribution in [-0.2, 0) is 6.42 Å². The van der Waals surface area contributed by atoms with E-state index in [1.807, 2.05) is 0 Å². The number of anilines is 1. The van der Waals surface area contributed by atoms with Crippen molar-refractivity contribution in [3.8, 4) is 0 Å². The number of nitrogens with zero attached hydrogens (tertiary/aromatic N) is 2. The van der Waals surface area contributed by atoms with E-state index in [2.05, 4.69) is 35.4 Å². The monoisotopic (exact) mass is 275 g/mol. The Hall–Kier alpha value is -0.350. The minimum Gasteiger partial charge on any atom is -0.359 e. The molecule has 1 aromatic rings. The summed E-state index contributed by atoms with van der Waals surface area (Å²) in [5, 5.41) is 4.35. The summed E-state index contributed by atoms with van der Waals surface area (Å²) in [6, 6.07) is 0. The lowest BCUT2D eigenvalue weighted by Crippen LogP contribution is -2.22. The average Bonchev–Trinajstić information content (AvgIpc) is 2.76. The van der Waals surface area contributed by atoms with Crippen molar-refractivity contribution >= 4 is 28.3 Å². The van der Waals surface area contributed by atoms with Crippen LogP contribution in [0.15, 0.2) is 0 Å². The van der Waals surface area contributed by atoms with Crippen molar-refractivity contribution in [3.05, 3.63) is 5.82 Å². The molecule has 5 heteroatoms. The van der Waals surface area contributed by atoms with Gasteiger partial charge in [-0.1, -0.05) is 33.6 Å². The van der Waals surface area contributed by atoms with E-state index in [1.54, 1.807) is 0 Å². The second-order valence-corrected chi connectivity index (χ2v) is 5.55. The summed E-state index contributed by atoms with van der Waals surface area (Å²) >= 11 is 7.79. The van der Waals surface area contributed by atoms with Gasteiger partial charge in [-0.15, -0.1) is 11.6 Å². The number of halogens is 1. The smallest absolute Gasteiger partial charge is 0.202 e. The summed E-state index contributed by atoms with van der Waals surface area (Å²) < 4.78 is 4.29. The Labute approximate surface area is 113 Å². The molecule has 1 atom stereocenters. The van der Waals surface area contributed by atoms with E-state index in [4.69, 9.17) is 11.6 Å². The quantitative estimate of drug-likeness (QED) is 0.730. The zero-order valence-corrected chi connectivity index (χ0v) is 12.4. The first-order chi connectivity index (χ1) is 8.21. The molecule has 1 unspecified atom stereocenters. The van der Waals surface area contributed by atoms with Gasteiger partial charge in [0.25, 0.3) is 0 Å². The molecule has 0 radical (unpaired) electrons. The molecule has 1 N–H and O–H groups in total. The fourth-order valence-electron chi connectivity index (χ4n) is 1.80. The number of rotatable bonds is 8. The molecule has 1 rings (SSSR count). The van der Waals surface area contributed by atoms with Gasteiger partial charge in [0.05, 0.1) is 5.38 Å². The number of hydrogen-bond acceptors (Lipinski definition) is 4. The van der Waals surface area contributed by atoms with Crippen LogP contribution in [-0.4, -0.2) is 21.3 Å². The van der Waals surface area contributed by atoms with E-state index in [-0.39, 0.29) is 5.38 Å². The third kappa shape index (κ3) is 4.80. The minimum absolute atomic E-state index is 0.170. The van der Waals surface area contributed by atoms with Crippen LogP contribution in [0.2, 0.25) is 0 Å². The maximum atomic E-state index is 6.36. The Kier molecular flexibility index (Phi) is 6.82. The Balaban J connectivity index is 2.38. The van der Waals surface area contributed by atoms with Gasteiger partial charge >= 0.3 is 0 Å². The summed E-state index contributed by atoms with van der Waals surface area (Å²) in [7, 11) is 0. The fraction of sp³-hybridized carbons (Fsp3) is 0.833. The number of aryl methyl sites for hydroxylation is 1. The van der Waals surface area contributed by atoms with Crippen LogP contribution < -0.4 is 5.32 Å². The van der Waals surface area contributed by atoms with Gasteiger partial charge in [0.2, 0.25) is 5.13 Å². The molecule has 0 amide bonds. The predicted molar refractivity (Wildman–Crippen MR) is 76.1 cm³/mol. The molecule has 1 aromatic heterocycles. The first-order valence-electron chi connectivity index (χ1n) is 6.41. The number of nitrogens with one attached hydrogen (secondary N) is 1. The van der Waals surface area contributed by atoms with E-state index >= 15 is 0 Å². The van der Waals surface area contributed by atoms with E-state index in [0.717, 1.165) is 43.2 Å². The van der Waals surface area contributed by atoms with Gasteiger partial charge in [-0.2, -0.15) is 4.37 Å². The lowest BCUT2D eigenvalue weighted by molar-refractivity contribution is 0.475. The molecule has 98 valence electrons. The highest BCUT2D eigenvalue weighted by Crippen LogP contribution is 2.20. The lowest BCUT2D eigenvalue weighted by Gasteiger charge is -2.18. The van der Waals surface area contributed by atoms with Crippen LogP contribution in [0.1, 0.15) is 45.9 Å². The van der Waals surface area contributed by atoms with Crippen molar-refractivity contribution in [1.29, 1.82) is 0 Å². The molecule has 3 nitrogen and oxygen atoms in total. The van der Waals surface area contributed by atoms with Gasteiger partial charge in [-0.05, 0) is 12.3 Å². The summed E-state index contributed by atoms with van der Waals surface area (Å²) in [6.07, 6.45) is 4.30. The number of hydrogen-bond donors (Lipinski definition) is 1. The van der Waals surface area contributed by atoms with Crippen LogP contribution in [0.4, 0.5) is 5.13 Å². The number of aromatic nitrogens is 2. The molecule has 0 fully saturated rings. The van der Waals surface area contributed by atoms with Gasteiger partial charge in [0.1, 0.15) is 5.82 Å². The molecule has 0 saturated heterocycles. The zero-order valence-electron chi connectivity index (χ0n) is 10.9. The van der Waals surface area contributed by atoms with Crippen molar-refractivity contribution < 1.29 is 0 Å². The van der Waals surface area contributed by atoms with Crippen molar-refractivity contribution in [1.82, 2.24) is 9.36 Å². The first-order valence-corrected chi connectivity index (χ1v) is 7.62. The second-order valence-electron chi connectivity index (χ2n) is 4.24. The molecule has 0 bridgehead atoms. The van der Waals surface area contributed by atoms with Crippen LogP contribution in [0.5, 0.6) is 0 Å². The maximum absolute atomic E-state index is 6.36. The molecule has 17 heavy (non-hydrogen) atoms. The summed E-state index contributed by atoms with van der Waals surface area (Å²) in [5.41, 5.74) is 0.